The fourth-order valence-electron chi connectivity index (χ4n) is 6.35. The van der Waals surface area contributed by atoms with E-state index in [1.807, 2.05) is 53.7 Å². The third-order valence-electron chi connectivity index (χ3n) is 9.12. The molecule has 4 unspecified atom stereocenters. The quantitative estimate of drug-likeness (QED) is 0.0245. The minimum absolute atomic E-state index is 0.122. The van der Waals surface area contributed by atoms with Crippen LogP contribution in [-0.2, 0) is 28.5 Å². The summed E-state index contributed by atoms with van der Waals surface area (Å²) in [7, 11) is 0. The smallest absolute Gasteiger partial charge is 0.419 e. The van der Waals surface area contributed by atoms with Crippen molar-refractivity contribution in [3.05, 3.63) is 120 Å². The molecule has 2 N–H and O–H groups in total. The lowest BCUT2D eigenvalue weighted by Crippen LogP contribution is -2.44. The Bertz CT molecular complexity index is 1760. The number of hydrogen-bond donors (Lipinski definition) is 2. The van der Waals surface area contributed by atoms with Crippen molar-refractivity contribution in [2.24, 2.45) is 0 Å². The summed E-state index contributed by atoms with van der Waals surface area (Å²) in [4.78, 5) is 26.9. The molecule has 0 aliphatic rings. The van der Waals surface area contributed by atoms with Crippen molar-refractivity contribution in [1.29, 1.82) is 0 Å². The summed E-state index contributed by atoms with van der Waals surface area (Å²) in [6.45, 7) is 12.7. The van der Waals surface area contributed by atoms with Gasteiger partial charge in [-0.15, -0.1) is 0 Å². The minimum atomic E-state index is -1.25. The molecule has 0 aliphatic carbocycles. The number of rotatable bonds is 28. The van der Waals surface area contributed by atoms with E-state index in [9.17, 15) is 18.4 Å². The highest BCUT2D eigenvalue weighted by Crippen LogP contribution is 2.29. The molecule has 4 aromatic rings. The van der Waals surface area contributed by atoms with Gasteiger partial charge in [-0.25, -0.2) is 18.4 Å². The SMILES string of the molecule is CCOC(CCCNC(COc1ccccc1OC(C)C)OC(=O)C(=O)OC(COc1ccccc1OC(C)C)NCCCC(OCC)c1ccc(F)cc1)c1ccc(F)cc1. The summed E-state index contributed by atoms with van der Waals surface area (Å²) >= 11 is 0. The highest BCUT2D eigenvalue weighted by molar-refractivity contribution is 6.29. The molecule has 0 amide bonds. The van der Waals surface area contributed by atoms with E-state index >= 15 is 0 Å². The minimum Gasteiger partial charge on any atom is -0.487 e. The lowest BCUT2D eigenvalue weighted by atomic mass is 10.0. The molecule has 0 heterocycles. The monoisotopic (exact) mass is 864 g/mol. The number of esters is 2. The molecule has 4 aromatic carbocycles. The van der Waals surface area contributed by atoms with Crippen LogP contribution in [0.1, 0.15) is 90.6 Å². The zero-order chi connectivity index (χ0) is 44.7. The van der Waals surface area contributed by atoms with Gasteiger partial charge in [0.1, 0.15) is 24.8 Å². The number of ether oxygens (including phenoxy) is 8. The number of carbonyl (C=O) groups excluding carboxylic acids is 2. The van der Waals surface area contributed by atoms with E-state index < -0.39 is 24.4 Å². The maximum atomic E-state index is 13.6. The van der Waals surface area contributed by atoms with Gasteiger partial charge in [0.25, 0.3) is 0 Å². The summed E-state index contributed by atoms with van der Waals surface area (Å²) in [5.74, 6) is -1.31. The molecule has 0 saturated carbocycles. The highest BCUT2D eigenvalue weighted by Gasteiger charge is 2.27. The van der Waals surface area contributed by atoms with Crippen molar-refractivity contribution >= 4 is 11.9 Å². The Labute approximate surface area is 364 Å². The van der Waals surface area contributed by atoms with Crippen molar-refractivity contribution in [1.82, 2.24) is 10.6 Å². The number of benzene rings is 4. The van der Waals surface area contributed by atoms with E-state index in [2.05, 4.69) is 10.6 Å². The topological polar surface area (TPSA) is 132 Å². The summed E-state index contributed by atoms with van der Waals surface area (Å²) in [5, 5.41) is 6.35. The van der Waals surface area contributed by atoms with Crippen LogP contribution in [0.15, 0.2) is 97.1 Å². The van der Waals surface area contributed by atoms with E-state index in [0.29, 0.717) is 75.0 Å². The van der Waals surface area contributed by atoms with Crippen LogP contribution in [0.3, 0.4) is 0 Å². The van der Waals surface area contributed by atoms with Crippen LogP contribution in [0.4, 0.5) is 8.78 Å². The zero-order valence-electron chi connectivity index (χ0n) is 36.6. The molecule has 0 radical (unpaired) electrons. The standard InChI is InChI=1S/C48H62F2N2O10/c1-7-55-39(35-21-25-37(49)26-22-35)19-13-29-51-45(31-57-41-15-9-11-17-43(41)59-33(3)4)61-47(53)48(54)62-46(32-58-42-16-10-12-18-44(42)60-34(5)6)52-30-14-20-40(56-8-2)36-23-27-38(50)28-24-36/h9-12,15-18,21-28,33-34,39-40,45-46,51-52H,7-8,13-14,19-20,29-32H2,1-6H3. The molecule has 0 aromatic heterocycles. The Hall–Kier alpha value is -5.28. The van der Waals surface area contributed by atoms with Crippen LogP contribution < -0.4 is 29.6 Å². The van der Waals surface area contributed by atoms with Crippen molar-refractivity contribution in [2.45, 2.75) is 104 Å². The molecule has 62 heavy (non-hydrogen) atoms. The van der Waals surface area contributed by atoms with Crippen LogP contribution in [0, 0.1) is 11.6 Å². The molecule has 0 fully saturated rings. The Morgan fingerprint density at radius 1 is 0.532 bits per heavy atom. The molecule has 12 nitrogen and oxygen atoms in total. The van der Waals surface area contributed by atoms with Crippen LogP contribution in [0.2, 0.25) is 0 Å². The van der Waals surface area contributed by atoms with E-state index in [1.54, 1.807) is 60.7 Å². The molecule has 0 spiro atoms. The normalized spacial score (nSPS) is 13.3. The first kappa shape index (κ1) is 49.4. The van der Waals surface area contributed by atoms with Crippen LogP contribution >= 0.6 is 0 Å². The highest BCUT2D eigenvalue weighted by atomic mass is 19.1. The second-order valence-electron chi connectivity index (χ2n) is 14.8. The lowest BCUT2D eigenvalue weighted by Gasteiger charge is -2.23. The number of carbonyl (C=O) groups is 2. The molecule has 0 aliphatic heterocycles. The number of para-hydroxylation sites is 4. The van der Waals surface area contributed by atoms with E-state index in [-0.39, 0.29) is 49.3 Å². The lowest BCUT2D eigenvalue weighted by molar-refractivity contribution is -0.177. The Balaban J connectivity index is 1.44. The van der Waals surface area contributed by atoms with E-state index in [4.69, 9.17) is 37.9 Å². The van der Waals surface area contributed by atoms with Gasteiger partial charge >= 0.3 is 11.9 Å². The van der Waals surface area contributed by atoms with Crippen molar-refractivity contribution in [3.63, 3.8) is 0 Å². The van der Waals surface area contributed by atoms with Crippen molar-refractivity contribution in [2.75, 3.05) is 39.5 Å². The average Bonchev–Trinajstić information content (AvgIpc) is 3.25. The van der Waals surface area contributed by atoms with Gasteiger partial charge in [0.15, 0.2) is 35.5 Å². The summed E-state index contributed by atoms with van der Waals surface area (Å²) < 4.78 is 74.4. The van der Waals surface area contributed by atoms with Gasteiger partial charge in [-0.2, -0.15) is 0 Å². The molecule has 4 atom stereocenters. The largest absolute Gasteiger partial charge is 0.487 e. The molecule has 14 heteroatoms. The predicted octanol–water partition coefficient (Wildman–Crippen LogP) is 9.03. The number of nitrogens with one attached hydrogen (secondary N) is 2. The van der Waals surface area contributed by atoms with Gasteiger partial charge < -0.3 is 37.9 Å². The average molecular weight is 865 g/mol. The third-order valence-corrected chi connectivity index (χ3v) is 9.12. The van der Waals surface area contributed by atoms with Crippen molar-refractivity contribution in [3.8, 4) is 23.0 Å². The third kappa shape index (κ3) is 17.6. The second-order valence-corrected chi connectivity index (χ2v) is 14.8. The van der Waals surface area contributed by atoms with Gasteiger partial charge in [0.2, 0.25) is 0 Å². The van der Waals surface area contributed by atoms with E-state index in [1.165, 1.54) is 24.3 Å². The molecule has 0 saturated heterocycles. The first-order chi connectivity index (χ1) is 29.9. The first-order valence-electron chi connectivity index (χ1n) is 21.3. The second kappa shape index (κ2) is 26.9. The predicted molar refractivity (Wildman–Crippen MR) is 231 cm³/mol. The molecule has 0 bridgehead atoms. The first-order valence-corrected chi connectivity index (χ1v) is 21.3. The number of hydrogen-bond acceptors (Lipinski definition) is 12. The summed E-state index contributed by atoms with van der Waals surface area (Å²) in [6, 6.07) is 26.6. The van der Waals surface area contributed by atoms with Crippen LogP contribution in [0.25, 0.3) is 0 Å². The maximum absolute atomic E-state index is 13.6. The van der Waals surface area contributed by atoms with Gasteiger partial charge in [-0.1, -0.05) is 48.5 Å². The van der Waals surface area contributed by atoms with Gasteiger partial charge in [0.05, 0.1) is 24.4 Å². The maximum Gasteiger partial charge on any atom is 0.419 e. The Morgan fingerprint density at radius 3 is 1.23 bits per heavy atom. The molecule has 338 valence electrons. The van der Waals surface area contributed by atoms with Gasteiger partial charge in [-0.05, 0) is 140 Å². The van der Waals surface area contributed by atoms with Crippen molar-refractivity contribution < 1.29 is 56.3 Å². The van der Waals surface area contributed by atoms with Gasteiger partial charge in [-0.3, -0.25) is 10.6 Å². The fourth-order valence-corrected chi connectivity index (χ4v) is 6.35. The Morgan fingerprint density at radius 2 is 0.887 bits per heavy atom. The summed E-state index contributed by atoms with van der Waals surface area (Å²) in [6.07, 6.45) is -0.659. The molecular weight excluding hydrogens is 803 g/mol. The zero-order valence-corrected chi connectivity index (χ0v) is 36.6. The molecular formula is C48H62F2N2O10. The fraction of sp³-hybridized carbons (Fsp3) is 0.458. The van der Waals surface area contributed by atoms with E-state index in [0.717, 1.165) is 11.1 Å². The van der Waals surface area contributed by atoms with Crippen LogP contribution in [0.5, 0.6) is 23.0 Å². The van der Waals surface area contributed by atoms with Gasteiger partial charge in [0, 0.05) is 13.2 Å². The van der Waals surface area contributed by atoms with Crippen LogP contribution in [-0.4, -0.2) is 76.1 Å². The molecule has 4 rings (SSSR count). The number of halogens is 2. The Kier molecular flexibility index (Phi) is 21.4. The summed E-state index contributed by atoms with van der Waals surface area (Å²) in [5.41, 5.74) is 1.68.